The number of carbonyl (C=O) groups excluding carboxylic acids is 1. The second-order valence-corrected chi connectivity index (χ2v) is 9.21. The van der Waals surface area contributed by atoms with Crippen molar-refractivity contribution in [1.29, 1.82) is 0 Å². The highest BCUT2D eigenvalue weighted by Gasteiger charge is 2.34. The van der Waals surface area contributed by atoms with E-state index in [2.05, 4.69) is 17.4 Å². The highest BCUT2D eigenvalue weighted by Crippen LogP contribution is 2.34. The molecule has 0 saturated carbocycles. The zero-order valence-electron chi connectivity index (χ0n) is 15.0. The molecule has 2 aromatic rings. The minimum atomic E-state index is -3.50. The lowest BCUT2D eigenvalue weighted by Gasteiger charge is -2.33. The zero-order chi connectivity index (χ0) is 19.3. The van der Waals surface area contributed by atoms with Crippen LogP contribution < -0.4 is 14.4 Å². The second kappa shape index (κ2) is 8.67. The first-order valence-electron chi connectivity index (χ1n) is 8.58. The first kappa shape index (κ1) is 19.6. The number of rotatable bonds is 7. The topological polar surface area (TPSA) is 75.7 Å². The Morgan fingerprint density at radius 1 is 1.19 bits per heavy atom. The van der Waals surface area contributed by atoms with Gasteiger partial charge in [0.15, 0.2) is 6.10 Å². The maximum absolute atomic E-state index is 12.4. The van der Waals surface area contributed by atoms with Gasteiger partial charge < -0.3 is 10.1 Å². The van der Waals surface area contributed by atoms with Crippen LogP contribution in [0.15, 0.2) is 54.6 Å². The Labute approximate surface area is 164 Å². The van der Waals surface area contributed by atoms with Crippen molar-refractivity contribution in [3.8, 4) is 5.75 Å². The van der Waals surface area contributed by atoms with Gasteiger partial charge in [0.2, 0.25) is 10.0 Å². The maximum atomic E-state index is 12.4. The summed E-state index contributed by atoms with van der Waals surface area (Å²) >= 11 is 1.73. The van der Waals surface area contributed by atoms with Gasteiger partial charge in [0.05, 0.1) is 18.5 Å². The summed E-state index contributed by atoms with van der Waals surface area (Å²) in [6.07, 6.45) is 0.262. The van der Waals surface area contributed by atoms with Crippen molar-refractivity contribution < 1.29 is 17.9 Å². The molecule has 0 radical (unpaired) electrons. The summed E-state index contributed by atoms with van der Waals surface area (Å²) in [6.45, 7) is 0.468. The van der Waals surface area contributed by atoms with E-state index >= 15 is 0 Å². The largest absolute Gasteiger partial charge is 0.476 e. The third-order valence-electron chi connectivity index (χ3n) is 4.08. The van der Waals surface area contributed by atoms with E-state index in [-0.39, 0.29) is 12.5 Å². The van der Waals surface area contributed by atoms with E-state index in [0.29, 0.717) is 18.0 Å². The molecule has 27 heavy (non-hydrogen) atoms. The molecule has 0 bridgehead atoms. The van der Waals surface area contributed by atoms with Crippen LogP contribution in [0.25, 0.3) is 0 Å². The lowest BCUT2D eigenvalue weighted by molar-refractivity contribution is -0.127. The third kappa shape index (κ3) is 5.17. The Morgan fingerprint density at radius 2 is 1.89 bits per heavy atom. The van der Waals surface area contributed by atoms with Crippen LogP contribution in [-0.2, 0) is 20.6 Å². The Balaban J connectivity index is 1.53. The highest BCUT2D eigenvalue weighted by molar-refractivity contribution is 7.98. The molecule has 1 amide bonds. The Morgan fingerprint density at radius 3 is 2.63 bits per heavy atom. The van der Waals surface area contributed by atoms with Crippen molar-refractivity contribution in [3.05, 3.63) is 60.2 Å². The molecule has 8 heteroatoms. The minimum Gasteiger partial charge on any atom is -0.476 e. The second-order valence-electron chi connectivity index (χ2n) is 6.20. The quantitative estimate of drug-likeness (QED) is 0.714. The summed E-state index contributed by atoms with van der Waals surface area (Å²) in [5, 5.41) is 2.84. The molecule has 0 fully saturated rings. The van der Waals surface area contributed by atoms with Crippen molar-refractivity contribution in [3.63, 3.8) is 0 Å². The molecule has 1 heterocycles. The van der Waals surface area contributed by atoms with Crippen molar-refractivity contribution >= 4 is 33.4 Å². The molecule has 0 aliphatic carbocycles. The fraction of sp³-hybridized carbons (Fsp3) is 0.316. The first-order chi connectivity index (χ1) is 12.9. The van der Waals surface area contributed by atoms with Crippen LogP contribution in [0.5, 0.6) is 5.75 Å². The van der Waals surface area contributed by atoms with Crippen LogP contribution in [0.3, 0.4) is 0 Å². The molecule has 0 unspecified atom stereocenters. The summed E-state index contributed by atoms with van der Waals surface area (Å²) < 4.78 is 31.1. The van der Waals surface area contributed by atoms with Gasteiger partial charge in [-0.05, 0) is 17.7 Å². The van der Waals surface area contributed by atoms with Crippen LogP contribution in [0.4, 0.5) is 5.69 Å². The number of nitrogens with one attached hydrogen (secondary N) is 1. The van der Waals surface area contributed by atoms with E-state index in [1.807, 2.05) is 18.2 Å². The summed E-state index contributed by atoms with van der Waals surface area (Å²) in [4.78, 5) is 12.4. The molecule has 1 aliphatic rings. The predicted octanol–water partition coefficient (Wildman–Crippen LogP) is 2.26. The molecule has 0 spiro atoms. The number of sulfonamides is 1. The average molecular weight is 407 g/mol. The van der Waals surface area contributed by atoms with E-state index in [1.165, 1.54) is 9.87 Å². The minimum absolute atomic E-state index is 0.0289. The number of carbonyl (C=O) groups is 1. The van der Waals surface area contributed by atoms with E-state index in [1.54, 1.807) is 36.0 Å². The number of hydrogen-bond donors (Lipinski definition) is 1. The van der Waals surface area contributed by atoms with E-state index in [9.17, 15) is 13.2 Å². The molecule has 0 aromatic heterocycles. The third-order valence-corrected chi connectivity index (χ3v) is 6.26. The van der Waals surface area contributed by atoms with Gasteiger partial charge in [0.25, 0.3) is 5.91 Å². The van der Waals surface area contributed by atoms with Gasteiger partial charge in [-0.15, -0.1) is 0 Å². The number of benzene rings is 2. The number of hydrogen-bond acceptors (Lipinski definition) is 5. The van der Waals surface area contributed by atoms with Crippen molar-refractivity contribution in [2.75, 3.05) is 29.4 Å². The van der Waals surface area contributed by atoms with E-state index in [4.69, 9.17) is 4.74 Å². The van der Waals surface area contributed by atoms with Gasteiger partial charge in [-0.25, -0.2) is 8.42 Å². The van der Waals surface area contributed by atoms with Crippen molar-refractivity contribution in [2.24, 2.45) is 0 Å². The number of thioether (sulfide) groups is 1. The van der Waals surface area contributed by atoms with Crippen LogP contribution in [-0.4, -0.2) is 45.5 Å². The monoisotopic (exact) mass is 406 g/mol. The summed E-state index contributed by atoms with van der Waals surface area (Å²) in [5.74, 6) is 1.73. The summed E-state index contributed by atoms with van der Waals surface area (Å²) in [5.41, 5.74) is 1.70. The normalized spacial score (nSPS) is 16.3. The summed E-state index contributed by atoms with van der Waals surface area (Å²) in [7, 11) is -3.50. The van der Waals surface area contributed by atoms with E-state index in [0.717, 1.165) is 17.8 Å². The molecule has 0 saturated heterocycles. The number of ether oxygens (including phenoxy) is 1. The number of nitrogens with zero attached hydrogens (tertiary/aromatic N) is 1. The molecule has 2 aromatic carbocycles. The highest BCUT2D eigenvalue weighted by atomic mass is 32.2. The van der Waals surface area contributed by atoms with Crippen LogP contribution >= 0.6 is 11.8 Å². The molecule has 3 rings (SSSR count). The molecule has 1 atom stereocenters. The lowest BCUT2D eigenvalue weighted by Crippen LogP contribution is -2.50. The Hall–Kier alpha value is -2.19. The fourth-order valence-corrected chi connectivity index (χ4v) is 4.51. The predicted molar refractivity (Wildman–Crippen MR) is 109 cm³/mol. The Kier molecular flexibility index (Phi) is 6.28. The van der Waals surface area contributed by atoms with E-state index < -0.39 is 16.1 Å². The molecular formula is C19H22N2O4S2. The van der Waals surface area contributed by atoms with Crippen LogP contribution in [0.2, 0.25) is 0 Å². The Bertz CT molecular complexity index is 888. The zero-order valence-corrected chi connectivity index (χ0v) is 16.6. The fourth-order valence-electron chi connectivity index (χ4n) is 2.78. The lowest BCUT2D eigenvalue weighted by atomic mass is 10.2. The van der Waals surface area contributed by atoms with Crippen LogP contribution in [0, 0.1) is 0 Å². The smallest absolute Gasteiger partial charge is 0.263 e. The van der Waals surface area contributed by atoms with Crippen LogP contribution in [0.1, 0.15) is 5.56 Å². The maximum Gasteiger partial charge on any atom is 0.263 e. The standard InChI is InChI=1S/C19H22N2O4S2/c1-27(23,24)21-13-18(25-17-10-6-5-9-16(17)21)19(22)20-11-12-26-14-15-7-3-2-4-8-15/h2-10,18H,11-14H2,1H3,(H,20,22)/t18-/m0/s1. The molecule has 6 nitrogen and oxygen atoms in total. The molecule has 1 N–H and O–H groups in total. The number of fused-ring (bicyclic) bond motifs is 1. The number of amides is 1. The van der Waals surface area contributed by atoms with Gasteiger partial charge in [-0.1, -0.05) is 42.5 Å². The average Bonchev–Trinajstić information content (AvgIpc) is 2.66. The SMILES string of the molecule is CS(=O)(=O)N1C[C@@H](C(=O)NCCSCc2ccccc2)Oc2ccccc21. The van der Waals surface area contributed by atoms with Gasteiger partial charge in [-0.2, -0.15) is 11.8 Å². The molecular weight excluding hydrogens is 384 g/mol. The van der Waals surface area contributed by atoms with Crippen molar-refractivity contribution in [1.82, 2.24) is 5.32 Å². The summed E-state index contributed by atoms with van der Waals surface area (Å²) in [6, 6.07) is 17.0. The van der Waals surface area contributed by atoms with Gasteiger partial charge >= 0.3 is 0 Å². The molecule has 144 valence electrons. The van der Waals surface area contributed by atoms with Gasteiger partial charge in [-0.3, -0.25) is 9.10 Å². The first-order valence-corrected chi connectivity index (χ1v) is 11.6. The van der Waals surface area contributed by atoms with Gasteiger partial charge in [0.1, 0.15) is 5.75 Å². The van der Waals surface area contributed by atoms with Crippen molar-refractivity contribution in [2.45, 2.75) is 11.9 Å². The number of para-hydroxylation sites is 2. The molecule has 1 aliphatic heterocycles. The number of anilines is 1. The van der Waals surface area contributed by atoms with Gasteiger partial charge in [0, 0.05) is 18.1 Å².